The first kappa shape index (κ1) is 15.7. The lowest BCUT2D eigenvalue weighted by Crippen LogP contribution is -2.34. The van der Waals surface area contributed by atoms with Gasteiger partial charge in [0.15, 0.2) is 0 Å². The zero-order chi connectivity index (χ0) is 15.3. The summed E-state index contributed by atoms with van der Waals surface area (Å²) in [5.41, 5.74) is 2.28. The molecular weight excluding hydrogens is 262 g/mol. The first-order valence-corrected chi connectivity index (χ1v) is 7.33. The maximum atomic E-state index is 5.07. The van der Waals surface area contributed by atoms with Gasteiger partial charge in [0, 0.05) is 44.5 Å². The van der Waals surface area contributed by atoms with E-state index in [-0.39, 0.29) is 5.41 Å². The van der Waals surface area contributed by atoms with E-state index in [0.29, 0.717) is 0 Å². The zero-order valence-corrected chi connectivity index (χ0v) is 13.2. The molecule has 1 unspecified atom stereocenters. The van der Waals surface area contributed by atoms with Crippen LogP contribution >= 0.6 is 0 Å². The molecule has 1 heterocycles. The highest BCUT2D eigenvalue weighted by Crippen LogP contribution is 2.27. The van der Waals surface area contributed by atoms with Crippen LogP contribution in [0.2, 0.25) is 0 Å². The van der Waals surface area contributed by atoms with Crippen molar-refractivity contribution in [3.8, 4) is 0 Å². The number of benzene rings is 1. The molecule has 0 spiro atoms. The van der Waals surface area contributed by atoms with Crippen molar-refractivity contribution in [3.63, 3.8) is 0 Å². The van der Waals surface area contributed by atoms with E-state index in [1.807, 2.05) is 23.9 Å². The van der Waals surface area contributed by atoms with Gasteiger partial charge in [-0.1, -0.05) is 31.2 Å². The average molecular weight is 287 g/mol. The molecule has 21 heavy (non-hydrogen) atoms. The summed E-state index contributed by atoms with van der Waals surface area (Å²) in [6.07, 6.45) is 2.90. The Labute approximate surface area is 126 Å². The van der Waals surface area contributed by atoms with E-state index in [0.717, 1.165) is 31.8 Å². The van der Waals surface area contributed by atoms with Gasteiger partial charge in [0.2, 0.25) is 0 Å². The topological polar surface area (TPSA) is 39.1 Å². The smallest absolute Gasteiger partial charge is 0.0712 e. The molecule has 2 aromatic rings. The summed E-state index contributed by atoms with van der Waals surface area (Å²) < 4.78 is 7.02. The van der Waals surface area contributed by atoms with Gasteiger partial charge in [0.05, 0.1) is 17.8 Å². The number of aromatic nitrogens is 2. The van der Waals surface area contributed by atoms with Crippen LogP contribution in [0.15, 0.2) is 36.9 Å². The van der Waals surface area contributed by atoms with Crippen LogP contribution < -0.4 is 5.32 Å². The maximum Gasteiger partial charge on any atom is 0.0712 e. The van der Waals surface area contributed by atoms with Crippen LogP contribution in [0, 0.1) is 5.41 Å². The highest BCUT2D eigenvalue weighted by Gasteiger charge is 2.23. The summed E-state index contributed by atoms with van der Waals surface area (Å²) in [6.45, 7) is 8.66. The normalized spacial score (nSPS) is 14.2. The first-order valence-electron chi connectivity index (χ1n) is 7.33. The molecule has 1 aromatic carbocycles. The van der Waals surface area contributed by atoms with Crippen molar-refractivity contribution in [2.75, 3.05) is 26.8 Å². The van der Waals surface area contributed by atoms with Crippen LogP contribution in [0.5, 0.6) is 0 Å². The molecule has 0 radical (unpaired) electrons. The summed E-state index contributed by atoms with van der Waals surface area (Å²) in [5, 5.41) is 9.33. The SMILES string of the molecule is C=CC(C)(CNCCOC)Cc1nn(C)c2ccccc12. The lowest BCUT2D eigenvalue weighted by atomic mass is 9.84. The van der Waals surface area contributed by atoms with Gasteiger partial charge < -0.3 is 10.1 Å². The van der Waals surface area contributed by atoms with Crippen molar-refractivity contribution < 1.29 is 4.74 Å². The lowest BCUT2D eigenvalue weighted by Gasteiger charge is -2.25. The molecule has 0 amide bonds. The standard InChI is InChI=1S/C17H25N3O/c1-5-17(2,13-18-10-11-21-4)12-15-14-8-6-7-9-16(14)20(3)19-15/h5-9,18H,1,10-13H2,2-4H3. The van der Waals surface area contributed by atoms with Crippen LogP contribution in [-0.4, -0.2) is 36.6 Å². The highest BCUT2D eigenvalue weighted by atomic mass is 16.5. The van der Waals surface area contributed by atoms with Crippen molar-refractivity contribution in [2.24, 2.45) is 12.5 Å². The summed E-state index contributed by atoms with van der Waals surface area (Å²) in [5.74, 6) is 0. The molecule has 0 bridgehead atoms. The number of hydrogen-bond donors (Lipinski definition) is 1. The van der Waals surface area contributed by atoms with E-state index in [4.69, 9.17) is 4.74 Å². The Morgan fingerprint density at radius 1 is 1.43 bits per heavy atom. The minimum atomic E-state index is -0.0230. The molecule has 0 aliphatic carbocycles. The van der Waals surface area contributed by atoms with Crippen LogP contribution in [0.4, 0.5) is 0 Å². The average Bonchev–Trinajstić information content (AvgIpc) is 2.81. The van der Waals surface area contributed by atoms with Crippen LogP contribution in [0.25, 0.3) is 10.9 Å². The van der Waals surface area contributed by atoms with Crippen molar-refractivity contribution >= 4 is 10.9 Å². The Morgan fingerprint density at radius 3 is 2.90 bits per heavy atom. The minimum absolute atomic E-state index is 0.0230. The fourth-order valence-electron chi connectivity index (χ4n) is 2.56. The van der Waals surface area contributed by atoms with E-state index in [2.05, 4.69) is 42.1 Å². The molecule has 1 N–H and O–H groups in total. The number of aryl methyl sites for hydroxylation is 1. The molecule has 114 valence electrons. The second-order valence-electron chi connectivity index (χ2n) is 5.79. The third-order valence-corrected chi connectivity index (χ3v) is 3.91. The fourth-order valence-corrected chi connectivity index (χ4v) is 2.56. The summed E-state index contributed by atoms with van der Waals surface area (Å²) in [6, 6.07) is 8.36. The molecular formula is C17H25N3O. The van der Waals surface area contributed by atoms with Crippen molar-refractivity contribution in [2.45, 2.75) is 13.3 Å². The summed E-state index contributed by atoms with van der Waals surface area (Å²) in [7, 11) is 3.71. The Balaban J connectivity index is 2.14. The number of nitrogens with one attached hydrogen (secondary N) is 1. The number of rotatable bonds is 8. The van der Waals surface area contributed by atoms with E-state index >= 15 is 0 Å². The third kappa shape index (κ3) is 3.71. The minimum Gasteiger partial charge on any atom is -0.383 e. The number of ether oxygens (including phenoxy) is 1. The van der Waals surface area contributed by atoms with Crippen molar-refractivity contribution in [1.82, 2.24) is 15.1 Å². The van der Waals surface area contributed by atoms with Gasteiger partial charge >= 0.3 is 0 Å². The van der Waals surface area contributed by atoms with Crippen LogP contribution in [0.3, 0.4) is 0 Å². The molecule has 0 aliphatic heterocycles. The predicted octanol–water partition coefficient (Wildman–Crippen LogP) is 2.54. The second kappa shape index (κ2) is 6.87. The predicted molar refractivity (Wildman–Crippen MR) is 87.5 cm³/mol. The summed E-state index contributed by atoms with van der Waals surface area (Å²) >= 11 is 0. The zero-order valence-electron chi connectivity index (χ0n) is 13.2. The number of fused-ring (bicyclic) bond motifs is 1. The van der Waals surface area contributed by atoms with E-state index < -0.39 is 0 Å². The van der Waals surface area contributed by atoms with Gasteiger partial charge in [-0.25, -0.2) is 0 Å². The Morgan fingerprint density at radius 2 is 2.19 bits per heavy atom. The van der Waals surface area contributed by atoms with Crippen LogP contribution in [-0.2, 0) is 18.2 Å². The molecule has 1 aromatic heterocycles. The molecule has 0 aliphatic rings. The molecule has 0 saturated carbocycles. The third-order valence-electron chi connectivity index (χ3n) is 3.91. The van der Waals surface area contributed by atoms with Gasteiger partial charge in [-0.05, 0) is 6.07 Å². The Bertz CT molecular complexity index is 605. The van der Waals surface area contributed by atoms with E-state index in [1.165, 1.54) is 10.9 Å². The quantitative estimate of drug-likeness (QED) is 0.599. The van der Waals surface area contributed by atoms with Gasteiger partial charge in [0.1, 0.15) is 0 Å². The van der Waals surface area contributed by atoms with Gasteiger partial charge in [-0.3, -0.25) is 4.68 Å². The Kier molecular flexibility index (Phi) is 5.15. The molecule has 0 saturated heterocycles. The molecule has 4 nitrogen and oxygen atoms in total. The van der Waals surface area contributed by atoms with E-state index in [1.54, 1.807) is 7.11 Å². The van der Waals surface area contributed by atoms with Gasteiger partial charge in [0.25, 0.3) is 0 Å². The molecule has 0 fully saturated rings. The number of hydrogen-bond acceptors (Lipinski definition) is 3. The largest absolute Gasteiger partial charge is 0.383 e. The number of nitrogens with zero attached hydrogens (tertiary/aromatic N) is 2. The molecule has 4 heteroatoms. The maximum absolute atomic E-state index is 5.07. The van der Waals surface area contributed by atoms with Crippen molar-refractivity contribution in [1.29, 1.82) is 0 Å². The molecule has 1 atom stereocenters. The lowest BCUT2D eigenvalue weighted by molar-refractivity contribution is 0.195. The molecule has 2 rings (SSSR count). The fraction of sp³-hybridized carbons (Fsp3) is 0.471. The van der Waals surface area contributed by atoms with Crippen molar-refractivity contribution in [3.05, 3.63) is 42.6 Å². The number of methoxy groups -OCH3 is 1. The number of para-hydroxylation sites is 1. The van der Waals surface area contributed by atoms with Gasteiger partial charge in [-0.15, -0.1) is 6.58 Å². The van der Waals surface area contributed by atoms with Gasteiger partial charge in [-0.2, -0.15) is 5.10 Å². The highest BCUT2D eigenvalue weighted by molar-refractivity contribution is 5.81. The van der Waals surface area contributed by atoms with Crippen LogP contribution in [0.1, 0.15) is 12.6 Å². The summed E-state index contributed by atoms with van der Waals surface area (Å²) in [4.78, 5) is 0. The van der Waals surface area contributed by atoms with E-state index in [9.17, 15) is 0 Å². The monoisotopic (exact) mass is 287 g/mol. The Hall–Kier alpha value is -1.65. The second-order valence-corrected chi connectivity index (χ2v) is 5.79. The first-order chi connectivity index (χ1) is 10.1.